The molecular weight excluding hydrogens is 473 g/mol. The fourth-order valence-electron chi connectivity index (χ4n) is 4.57. The van der Waals surface area contributed by atoms with Crippen LogP contribution in [0, 0.1) is 0 Å². The average Bonchev–Trinajstić information content (AvgIpc) is 2.81. The lowest BCUT2D eigenvalue weighted by Crippen LogP contribution is -2.51. The maximum absolute atomic E-state index is 13.2. The van der Waals surface area contributed by atoms with E-state index in [1.165, 1.54) is 26.4 Å². The van der Waals surface area contributed by atoms with E-state index in [4.69, 9.17) is 14.2 Å². The molecule has 1 heterocycles. The Balaban J connectivity index is 1.89. The molecule has 1 fully saturated rings. The van der Waals surface area contributed by atoms with Gasteiger partial charge < -0.3 is 19.5 Å². The molecular formula is C27H35F3N2O4. The molecule has 2 aromatic rings. The van der Waals surface area contributed by atoms with E-state index in [1.54, 1.807) is 4.90 Å². The number of nitrogens with zero attached hydrogens (tertiary/aromatic N) is 1. The molecule has 36 heavy (non-hydrogen) atoms. The summed E-state index contributed by atoms with van der Waals surface area (Å²) in [5.74, 6) is 0.560. The molecule has 0 aliphatic carbocycles. The van der Waals surface area contributed by atoms with E-state index >= 15 is 0 Å². The maximum Gasteiger partial charge on any atom is 0.410 e. The van der Waals surface area contributed by atoms with E-state index in [2.05, 4.69) is 5.32 Å². The SMILES string of the molecule is COc1cc(OC)c(CC(F)(F)F)cc1CNC1CCCN(C(=O)OC(C)(C)C)C1c1ccccc1. The third kappa shape index (κ3) is 7.29. The molecule has 1 saturated heterocycles. The van der Waals surface area contributed by atoms with Crippen molar-refractivity contribution in [3.05, 3.63) is 59.2 Å². The average molecular weight is 509 g/mol. The molecule has 1 aliphatic rings. The van der Waals surface area contributed by atoms with E-state index in [0.717, 1.165) is 18.4 Å². The Morgan fingerprint density at radius 3 is 2.25 bits per heavy atom. The number of hydrogen-bond acceptors (Lipinski definition) is 5. The summed E-state index contributed by atoms with van der Waals surface area (Å²) < 4.78 is 55.8. The van der Waals surface area contributed by atoms with Crippen LogP contribution in [0.3, 0.4) is 0 Å². The van der Waals surface area contributed by atoms with E-state index < -0.39 is 24.3 Å². The number of methoxy groups -OCH3 is 2. The second kappa shape index (κ2) is 11.4. The summed E-state index contributed by atoms with van der Waals surface area (Å²) in [7, 11) is 2.81. The predicted octanol–water partition coefficient (Wildman–Crippen LogP) is 6.04. The Morgan fingerprint density at radius 2 is 1.67 bits per heavy atom. The second-order valence-electron chi connectivity index (χ2n) is 9.93. The van der Waals surface area contributed by atoms with Gasteiger partial charge in [0.05, 0.1) is 26.7 Å². The van der Waals surface area contributed by atoms with Crippen LogP contribution in [0.15, 0.2) is 42.5 Å². The van der Waals surface area contributed by atoms with Gasteiger partial charge in [-0.3, -0.25) is 4.90 Å². The van der Waals surface area contributed by atoms with Crippen molar-refractivity contribution in [3.8, 4) is 11.5 Å². The van der Waals surface area contributed by atoms with E-state index in [0.29, 0.717) is 17.9 Å². The fraction of sp³-hybridized carbons (Fsp3) is 0.519. The summed E-state index contributed by atoms with van der Waals surface area (Å²) in [4.78, 5) is 14.8. The minimum Gasteiger partial charge on any atom is -0.496 e. The van der Waals surface area contributed by atoms with Gasteiger partial charge in [0.15, 0.2) is 0 Å². The highest BCUT2D eigenvalue weighted by Gasteiger charge is 2.37. The Kier molecular flexibility index (Phi) is 8.76. The number of amides is 1. The number of likely N-dealkylation sites (tertiary alicyclic amines) is 1. The standard InChI is InChI=1S/C27H35F3N2O4/c1-26(2,3)36-25(33)32-13-9-12-21(24(32)18-10-7-6-8-11-18)31-17-20-14-19(16-27(28,29)30)22(34-4)15-23(20)35-5/h6-8,10-11,14-15,21,24,31H,9,12-13,16-17H2,1-5H3. The van der Waals surface area contributed by atoms with Crippen LogP contribution in [0.5, 0.6) is 11.5 Å². The number of halogens is 3. The van der Waals surface area contributed by atoms with Gasteiger partial charge in [0.1, 0.15) is 17.1 Å². The van der Waals surface area contributed by atoms with Gasteiger partial charge in [0, 0.05) is 36.3 Å². The molecule has 1 aliphatic heterocycles. The van der Waals surface area contributed by atoms with Crippen LogP contribution < -0.4 is 14.8 Å². The van der Waals surface area contributed by atoms with Crippen molar-refractivity contribution in [1.29, 1.82) is 0 Å². The predicted molar refractivity (Wildman–Crippen MR) is 131 cm³/mol. The van der Waals surface area contributed by atoms with Crippen LogP contribution in [0.1, 0.15) is 56.3 Å². The highest BCUT2D eigenvalue weighted by molar-refractivity contribution is 5.69. The van der Waals surface area contributed by atoms with Crippen LogP contribution in [0.25, 0.3) is 0 Å². The van der Waals surface area contributed by atoms with Gasteiger partial charge in [-0.1, -0.05) is 30.3 Å². The molecule has 0 radical (unpaired) electrons. The van der Waals surface area contributed by atoms with Crippen LogP contribution in [0.2, 0.25) is 0 Å². The first-order valence-electron chi connectivity index (χ1n) is 12.0. The molecule has 2 unspecified atom stereocenters. The molecule has 2 atom stereocenters. The van der Waals surface area contributed by atoms with Gasteiger partial charge in [0.25, 0.3) is 0 Å². The van der Waals surface area contributed by atoms with Gasteiger partial charge >= 0.3 is 12.3 Å². The third-order valence-electron chi connectivity index (χ3n) is 6.03. The zero-order valence-electron chi connectivity index (χ0n) is 21.4. The minimum absolute atomic E-state index is 0.0428. The molecule has 2 aromatic carbocycles. The number of nitrogens with one attached hydrogen (secondary N) is 1. The first kappa shape index (κ1) is 27.6. The highest BCUT2D eigenvalue weighted by atomic mass is 19.4. The number of rotatable bonds is 7. The molecule has 198 valence electrons. The van der Waals surface area contributed by atoms with Crippen molar-refractivity contribution in [2.75, 3.05) is 20.8 Å². The van der Waals surface area contributed by atoms with Crippen molar-refractivity contribution >= 4 is 6.09 Å². The lowest BCUT2D eigenvalue weighted by Gasteiger charge is -2.42. The van der Waals surface area contributed by atoms with Gasteiger partial charge in [-0.2, -0.15) is 13.2 Å². The number of ether oxygens (including phenoxy) is 3. The van der Waals surface area contributed by atoms with Gasteiger partial charge in [0.2, 0.25) is 0 Å². The molecule has 0 spiro atoms. The van der Waals surface area contributed by atoms with Crippen molar-refractivity contribution in [2.45, 2.75) is 70.4 Å². The molecule has 0 aromatic heterocycles. The number of carbonyl (C=O) groups excluding carboxylic acids is 1. The van der Waals surface area contributed by atoms with Crippen LogP contribution >= 0.6 is 0 Å². The van der Waals surface area contributed by atoms with Crippen molar-refractivity contribution < 1.29 is 32.2 Å². The van der Waals surface area contributed by atoms with Crippen molar-refractivity contribution in [1.82, 2.24) is 10.2 Å². The number of alkyl halides is 3. The molecule has 1 N–H and O–H groups in total. The normalized spacial score (nSPS) is 18.6. The Labute approximate surface area is 210 Å². The lowest BCUT2D eigenvalue weighted by atomic mass is 9.90. The van der Waals surface area contributed by atoms with E-state index in [-0.39, 0.29) is 29.9 Å². The first-order valence-corrected chi connectivity index (χ1v) is 12.0. The van der Waals surface area contributed by atoms with Crippen LogP contribution in [-0.2, 0) is 17.7 Å². The molecule has 1 amide bonds. The fourth-order valence-corrected chi connectivity index (χ4v) is 4.57. The number of hydrogen-bond donors (Lipinski definition) is 1. The van der Waals surface area contributed by atoms with E-state index in [1.807, 2.05) is 51.1 Å². The molecule has 3 rings (SSSR count). The number of piperidine rings is 1. The number of benzene rings is 2. The second-order valence-corrected chi connectivity index (χ2v) is 9.93. The lowest BCUT2D eigenvalue weighted by molar-refractivity contribution is -0.127. The Bertz CT molecular complexity index is 1020. The van der Waals surface area contributed by atoms with Gasteiger partial charge in [-0.25, -0.2) is 4.79 Å². The van der Waals surface area contributed by atoms with E-state index in [9.17, 15) is 18.0 Å². The molecule has 0 saturated carbocycles. The summed E-state index contributed by atoms with van der Waals surface area (Å²) in [6, 6.07) is 12.2. The smallest absolute Gasteiger partial charge is 0.410 e. The highest BCUT2D eigenvalue weighted by Crippen LogP contribution is 2.36. The molecule has 0 bridgehead atoms. The van der Waals surface area contributed by atoms with Gasteiger partial charge in [-0.15, -0.1) is 0 Å². The third-order valence-corrected chi connectivity index (χ3v) is 6.03. The minimum atomic E-state index is -4.37. The Morgan fingerprint density at radius 1 is 1.03 bits per heavy atom. The summed E-state index contributed by atoms with van der Waals surface area (Å²) in [5.41, 5.74) is 0.948. The summed E-state index contributed by atoms with van der Waals surface area (Å²) in [5, 5.41) is 3.48. The Hall–Kier alpha value is -2.94. The molecule has 6 nitrogen and oxygen atoms in total. The number of carbonyl (C=O) groups is 1. The van der Waals surface area contributed by atoms with Crippen molar-refractivity contribution in [3.63, 3.8) is 0 Å². The topological polar surface area (TPSA) is 60.0 Å². The quantitative estimate of drug-likeness (QED) is 0.494. The van der Waals surface area contributed by atoms with Crippen molar-refractivity contribution in [2.24, 2.45) is 0 Å². The zero-order valence-corrected chi connectivity index (χ0v) is 21.4. The monoisotopic (exact) mass is 508 g/mol. The first-order chi connectivity index (χ1) is 16.9. The summed E-state index contributed by atoms with van der Waals surface area (Å²) in [6.07, 6.45) is -4.32. The summed E-state index contributed by atoms with van der Waals surface area (Å²) >= 11 is 0. The maximum atomic E-state index is 13.2. The van der Waals surface area contributed by atoms with Crippen LogP contribution in [-0.4, -0.2) is 49.6 Å². The zero-order chi connectivity index (χ0) is 26.5. The molecule has 9 heteroatoms. The largest absolute Gasteiger partial charge is 0.496 e. The van der Waals surface area contributed by atoms with Crippen LogP contribution in [0.4, 0.5) is 18.0 Å². The van der Waals surface area contributed by atoms with Gasteiger partial charge in [-0.05, 0) is 45.2 Å². The summed E-state index contributed by atoms with van der Waals surface area (Å²) in [6.45, 7) is 6.30.